The zero-order chi connectivity index (χ0) is 13.1. The predicted molar refractivity (Wildman–Crippen MR) is 85.9 cm³/mol. The van der Waals surface area contributed by atoms with Crippen molar-refractivity contribution < 1.29 is 0 Å². The van der Waals surface area contributed by atoms with E-state index in [1.165, 1.54) is 28.2 Å². The summed E-state index contributed by atoms with van der Waals surface area (Å²) in [6.07, 6.45) is 0. The number of benzene rings is 1. The van der Waals surface area contributed by atoms with Crippen molar-refractivity contribution in [2.45, 2.75) is 37.3 Å². The van der Waals surface area contributed by atoms with Gasteiger partial charge in [0.1, 0.15) is 0 Å². The molecule has 0 bridgehead atoms. The van der Waals surface area contributed by atoms with E-state index in [1.54, 1.807) is 0 Å². The van der Waals surface area contributed by atoms with Crippen molar-refractivity contribution in [3.05, 3.63) is 34.9 Å². The van der Waals surface area contributed by atoms with Gasteiger partial charge in [-0.1, -0.05) is 30.7 Å². The summed E-state index contributed by atoms with van der Waals surface area (Å²) in [7, 11) is 2.09. The van der Waals surface area contributed by atoms with E-state index in [9.17, 15) is 0 Å². The van der Waals surface area contributed by atoms with E-state index >= 15 is 0 Å². The maximum absolute atomic E-state index is 3.54. The van der Waals surface area contributed by atoms with Crippen LogP contribution in [0.25, 0.3) is 0 Å². The van der Waals surface area contributed by atoms with E-state index < -0.39 is 0 Å². The predicted octanol–water partition coefficient (Wildman–Crippen LogP) is 3.80. The van der Waals surface area contributed by atoms with Crippen molar-refractivity contribution >= 4 is 23.5 Å². The topological polar surface area (TPSA) is 12.0 Å². The lowest BCUT2D eigenvalue weighted by Crippen LogP contribution is -2.36. The minimum absolute atomic E-state index is 0.471. The van der Waals surface area contributed by atoms with Crippen LogP contribution in [-0.2, 0) is 0 Å². The summed E-state index contributed by atoms with van der Waals surface area (Å²) >= 11 is 4.24. The lowest BCUT2D eigenvalue weighted by atomic mass is 9.96. The first kappa shape index (κ1) is 14.3. The Morgan fingerprint density at radius 2 is 1.94 bits per heavy atom. The Kier molecular flexibility index (Phi) is 5.05. The zero-order valence-electron chi connectivity index (χ0n) is 11.7. The van der Waals surface area contributed by atoms with Crippen LogP contribution in [0.15, 0.2) is 18.2 Å². The molecule has 3 heteroatoms. The molecule has 1 fully saturated rings. The minimum atomic E-state index is 0.471. The molecule has 18 heavy (non-hydrogen) atoms. The van der Waals surface area contributed by atoms with Gasteiger partial charge in [-0.2, -0.15) is 23.5 Å². The van der Waals surface area contributed by atoms with Crippen LogP contribution >= 0.6 is 23.5 Å². The Morgan fingerprint density at radius 3 is 2.56 bits per heavy atom. The molecule has 2 rings (SSSR count). The summed E-state index contributed by atoms with van der Waals surface area (Å²) in [4.78, 5) is 0. The largest absolute Gasteiger partial charge is 0.312 e. The Labute approximate surface area is 120 Å². The molecule has 3 atom stereocenters. The smallest absolute Gasteiger partial charge is 0.0451 e. The van der Waals surface area contributed by atoms with Crippen LogP contribution in [0.3, 0.4) is 0 Å². The van der Waals surface area contributed by atoms with Crippen molar-refractivity contribution in [3.63, 3.8) is 0 Å². The van der Waals surface area contributed by atoms with Crippen LogP contribution in [-0.4, -0.2) is 29.1 Å². The lowest BCUT2D eigenvalue weighted by Gasteiger charge is -2.35. The second-order valence-electron chi connectivity index (χ2n) is 5.04. The van der Waals surface area contributed by atoms with E-state index in [0.717, 1.165) is 5.25 Å². The summed E-state index contributed by atoms with van der Waals surface area (Å²) in [5, 5.41) is 4.94. The van der Waals surface area contributed by atoms with Crippen LogP contribution < -0.4 is 5.32 Å². The van der Waals surface area contributed by atoms with E-state index in [-0.39, 0.29) is 0 Å². The van der Waals surface area contributed by atoms with Gasteiger partial charge < -0.3 is 5.32 Å². The molecule has 0 radical (unpaired) electrons. The third-order valence-electron chi connectivity index (χ3n) is 3.64. The van der Waals surface area contributed by atoms with Crippen molar-refractivity contribution in [1.82, 2.24) is 5.32 Å². The normalized spacial score (nSPS) is 26.0. The number of thioether (sulfide) groups is 2. The molecular weight excluding hydrogens is 258 g/mol. The highest BCUT2D eigenvalue weighted by Gasteiger charge is 2.31. The second-order valence-corrected chi connectivity index (χ2v) is 7.81. The van der Waals surface area contributed by atoms with Crippen LogP contribution in [0.4, 0.5) is 0 Å². The molecule has 1 heterocycles. The molecule has 0 saturated carbocycles. The molecule has 1 aliphatic heterocycles. The first-order valence-electron chi connectivity index (χ1n) is 6.61. The maximum atomic E-state index is 3.54. The molecule has 1 aliphatic rings. The fourth-order valence-electron chi connectivity index (χ4n) is 2.69. The van der Waals surface area contributed by atoms with Crippen LogP contribution in [0.1, 0.15) is 29.7 Å². The van der Waals surface area contributed by atoms with Crippen molar-refractivity contribution in [3.8, 4) is 0 Å². The van der Waals surface area contributed by atoms with Gasteiger partial charge in [0.05, 0.1) is 0 Å². The number of nitrogens with one attached hydrogen (secondary N) is 1. The number of hydrogen-bond acceptors (Lipinski definition) is 3. The second kappa shape index (κ2) is 6.36. The minimum Gasteiger partial charge on any atom is -0.312 e. The quantitative estimate of drug-likeness (QED) is 0.905. The molecule has 1 aromatic carbocycles. The standard InChI is InChI=1S/C15H23NS2/c1-10-5-6-13(11(2)9-10)14(16-4)15-12(3)17-7-8-18-15/h5-6,9,12,14-16H,7-8H2,1-4H3. The molecule has 0 amide bonds. The first-order valence-corrected chi connectivity index (χ1v) is 8.71. The number of hydrogen-bond donors (Lipinski definition) is 1. The van der Waals surface area contributed by atoms with Gasteiger partial charge in [0.25, 0.3) is 0 Å². The summed E-state index contributed by atoms with van der Waals surface area (Å²) < 4.78 is 0. The molecule has 1 saturated heterocycles. The molecule has 0 aromatic heterocycles. The molecular formula is C15H23NS2. The summed E-state index contributed by atoms with van der Waals surface area (Å²) in [6, 6.07) is 7.31. The molecule has 3 unspecified atom stereocenters. The molecule has 1 nitrogen and oxygen atoms in total. The van der Waals surface area contributed by atoms with E-state index in [4.69, 9.17) is 0 Å². The third kappa shape index (κ3) is 3.06. The maximum Gasteiger partial charge on any atom is 0.0451 e. The van der Waals surface area contributed by atoms with Gasteiger partial charge in [-0.25, -0.2) is 0 Å². The molecule has 0 aliphatic carbocycles. The molecule has 0 spiro atoms. The Balaban J connectivity index is 2.26. The van der Waals surface area contributed by atoms with Crippen molar-refractivity contribution in [2.75, 3.05) is 18.6 Å². The fraction of sp³-hybridized carbons (Fsp3) is 0.600. The van der Waals surface area contributed by atoms with Gasteiger partial charge in [-0.3, -0.25) is 0 Å². The summed E-state index contributed by atoms with van der Waals surface area (Å²) in [6.45, 7) is 6.77. The van der Waals surface area contributed by atoms with Crippen molar-refractivity contribution in [2.24, 2.45) is 0 Å². The highest BCUT2D eigenvalue weighted by molar-refractivity contribution is 8.07. The van der Waals surface area contributed by atoms with Gasteiger partial charge in [-0.05, 0) is 32.0 Å². The Morgan fingerprint density at radius 1 is 1.22 bits per heavy atom. The SMILES string of the molecule is CNC(c1ccc(C)cc1C)C1SCCSC1C. The zero-order valence-corrected chi connectivity index (χ0v) is 13.3. The molecule has 1 N–H and O–H groups in total. The van der Waals surface area contributed by atoms with Crippen LogP contribution in [0.5, 0.6) is 0 Å². The van der Waals surface area contributed by atoms with Gasteiger partial charge in [0.2, 0.25) is 0 Å². The fourth-order valence-corrected chi connectivity index (χ4v) is 5.67. The molecule has 1 aromatic rings. The Bertz CT molecular complexity index is 405. The average molecular weight is 281 g/mol. The average Bonchev–Trinajstić information content (AvgIpc) is 2.34. The summed E-state index contributed by atoms with van der Waals surface area (Å²) in [5.41, 5.74) is 4.23. The van der Waals surface area contributed by atoms with Gasteiger partial charge >= 0.3 is 0 Å². The highest BCUT2D eigenvalue weighted by Crippen LogP contribution is 2.39. The van der Waals surface area contributed by atoms with Gasteiger partial charge in [0, 0.05) is 28.0 Å². The highest BCUT2D eigenvalue weighted by atomic mass is 32.2. The number of aryl methyl sites for hydroxylation is 2. The lowest BCUT2D eigenvalue weighted by molar-refractivity contribution is 0.558. The van der Waals surface area contributed by atoms with Gasteiger partial charge in [-0.15, -0.1) is 0 Å². The van der Waals surface area contributed by atoms with E-state index in [0.29, 0.717) is 11.3 Å². The third-order valence-corrected chi connectivity index (χ3v) is 6.83. The summed E-state index contributed by atoms with van der Waals surface area (Å²) in [5.74, 6) is 2.58. The van der Waals surface area contributed by atoms with E-state index in [2.05, 4.69) is 74.9 Å². The van der Waals surface area contributed by atoms with E-state index in [1.807, 2.05) is 0 Å². The monoisotopic (exact) mass is 281 g/mol. The molecule has 100 valence electrons. The van der Waals surface area contributed by atoms with Crippen LogP contribution in [0, 0.1) is 13.8 Å². The Hall–Kier alpha value is -0.120. The number of rotatable bonds is 3. The van der Waals surface area contributed by atoms with Crippen LogP contribution in [0.2, 0.25) is 0 Å². The first-order chi connectivity index (χ1) is 8.63. The van der Waals surface area contributed by atoms with Gasteiger partial charge in [0.15, 0.2) is 0 Å². The van der Waals surface area contributed by atoms with Crippen molar-refractivity contribution in [1.29, 1.82) is 0 Å².